The Bertz CT molecular complexity index is 1020. The molecular formula is C21H25N3O3. The summed E-state index contributed by atoms with van der Waals surface area (Å²) in [6.45, 7) is 8.13. The first kappa shape index (κ1) is 19.0. The molecule has 1 aromatic carbocycles. The molecule has 0 aliphatic rings. The Kier molecular flexibility index (Phi) is 5.86. The van der Waals surface area contributed by atoms with Crippen LogP contribution in [0.15, 0.2) is 39.5 Å². The van der Waals surface area contributed by atoms with E-state index in [9.17, 15) is 9.59 Å². The Morgan fingerprint density at radius 1 is 1.19 bits per heavy atom. The van der Waals surface area contributed by atoms with E-state index in [2.05, 4.69) is 29.0 Å². The maximum atomic E-state index is 12.5. The summed E-state index contributed by atoms with van der Waals surface area (Å²) in [5.74, 6) is 0.351. The van der Waals surface area contributed by atoms with Crippen LogP contribution in [0.3, 0.4) is 0 Å². The van der Waals surface area contributed by atoms with Crippen LogP contribution >= 0.6 is 0 Å². The third-order valence-electron chi connectivity index (χ3n) is 4.48. The van der Waals surface area contributed by atoms with Gasteiger partial charge in [0.2, 0.25) is 5.91 Å². The van der Waals surface area contributed by atoms with Gasteiger partial charge in [-0.2, -0.15) is 0 Å². The monoisotopic (exact) mass is 367 g/mol. The second kappa shape index (κ2) is 8.31. The van der Waals surface area contributed by atoms with E-state index in [1.807, 2.05) is 25.1 Å². The van der Waals surface area contributed by atoms with Crippen LogP contribution in [0.5, 0.6) is 0 Å². The summed E-state index contributed by atoms with van der Waals surface area (Å²) in [4.78, 5) is 31.5. The van der Waals surface area contributed by atoms with Crippen LogP contribution in [0, 0.1) is 6.92 Å². The molecule has 1 N–H and O–H groups in total. The van der Waals surface area contributed by atoms with E-state index < -0.39 is 5.63 Å². The highest BCUT2D eigenvalue weighted by Gasteiger charge is 2.15. The summed E-state index contributed by atoms with van der Waals surface area (Å²) in [6, 6.07) is 9.01. The van der Waals surface area contributed by atoms with E-state index in [1.54, 1.807) is 12.1 Å². The van der Waals surface area contributed by atoms with Crippen molar-refractivity contribution < 1.29 is 9.21 Å². The fraction of sp³-hybridized carbons (Fsp3) is 0.381. The summed E-state index contributed by atoms with van der Waals surface area (Å²) in [5, 5.41) is 4.09. The summed E-state index contributed by atoms with van der Waals surface area (Å²) in [7, 11) is 0. The maximum absolute atomic E-state index is 12.5. The first-order chi connectivity index (χ1) is 13.0. The molecule has 0 atom stereocenters. The predicted octanol–water partition coefficient (Wildman–Crippen LogP) is 3.71. The van der Waals surface area contributed by atoms with Crippen LogP contribution in [-0.2, 0) is 4.79 Å². The largest absolute Gasteiger partial charge is 0.422 e. The Morgan fingerprint density at radius 2 is 1.89 bits per heavy atom. The number of para-hydroxylation sites is 1. The molecule has 0 saturated heterocycles. The van der Waals surface area contributed by atoms with Gasteiger partial charge in [-0.3, -0.25) is 9.69 Å². The van der Waals surface area contributed by atoms with Crippen LogP contribution in [0.4, 0.5) is 5.82 Å². The molecule has 0 aliphatic carbocycles. The van der Waals surface area contributed by atoms with Crippen molar-refractivity contribution in [3.05, 3.63) is 46.3 Å². The smallest absolute Gasteiger partial charge is 0.346 e. The maximum Gasteiger partial charge on any atom is 0.346 e. The Balaban J connectivity index is 1.95. The molecule has 0 bridgehead atoms. The molecule has 0 saturated carbocycles. The molecule has 0 radical (unpaired) electrons. The number of benzene rings is 1. The van der Waals surface area contributed by atoms with Gasteiger partial charge in [0, 0.05) is 5.39 Å². The number of carbonyl (C=O) groups excluding carboxylic acids is 1. The summed E-state index contributed by atoms with van der Waals surface area (Å²) in [6.07, 6.45) is 2.00. The highest BCUT2D eigenvalue weighted by Crippen LogP contribution is 2.25. The number of carbonyl (C=O) groups is 1. The molecule has 6 nitrogen and oxygen atoms in total. The number of hydrogen-bond acceptors (Lipinski definition) is 5. The number of pyridine rings is 1. The zero-order valence-electron chi connectivity index (χ0n) is 16.0. The number of aromatic nitrogens is 1. The average Bonchev–Trinajstić information content (AvgIpc) is 2.61. The van der Waals surface area contributed by atoms with Crippen molar-refractivity contribution >= 4 is 33.6 Å². The molecule has 142 valence electrons. The van der Waals surface area contributed by atoms with Gasteiger partial charge < -0.3 is 9.73 Å². The second-order valence-electron chi connectivity index (χ2n) is 6.76. The van der Waals surface area contributed by atoms with Gasteiger partial charge in [0.05, 0.1) is 17.4 Å². The topological polar surface area (TPSA) is 75.4 Å². The molecule has 0 spiro atoms. The van der Waals surface area contributed by atoms with Crippen LogP contribution in [0.25, 0.3) is 21.9 Å². The van der Waals surface area contributed by atoms with Crippen LogP contribution in [0.2, 0.25) is 0 Å². The second-order valence-corrected chi connectivity index (χ2v) is 6.76. The van der Waals surface area contributed by atoms with Crippen molar-refractivity contribution in [1.82, 2.24) is 9.88 Å². The number of amides is 1. The van der Waals surface area contributed by atoms with E-state index >= 15 is 0 Å². The summed E-state index contributed by atoms with van der Waals surface area (Å²) < 4.78 is 5.39. The van der Waals surface area contributed by atoms with Crippen molar-refractivity contribution in [3.63, 3.8) is 0 Å². The van der Waals surface area contributed by atoms with Gasteiger partial charge in [-0.1, -0.05) is 26.0 Å². The normalized spacial score (nSPS) is 11.4. The van der Waals surface area contributed by atoms with E-state index in [0.29, 0.717) is 28.8 Å². The number of anilines is 1. The minimum Gasteiger partial charge on any atom is -0.422 e. The van der Waals surface area contributed by atoms with Crippen LogP contribution in [-0.4, -0.2) is 35.4 Å². The zero-order chi connectivity index (χ0) is 19.4. The SMILES string of the molecule is CCCN(CCC)CC(=O)Nc1cc(C)c2c(=O)oc3ccccc3c2n1. The first-order valence-electron chi connectivity index (χ1n) is 9.38. The van der Waals surface area contributed by atoms with Gasteiger partial charge in [-0.15, -0.1) is 0 Å². The number of fused-ring (bicyclic) bond motifs is 3. The minimum atomic E-state index is -0.413. The molecule has 6 heteroatoms. The summed E-state index contributed by atoms with van der Waals surface area (Å²) >= 11 is 0. The average molecular weight is 367 g/mol. The van der Waals surface area contributed by atoms with Gasteiger partial charge in [-0.05, 0) is 56.6 Å². The lowest BCUT2D eigenvalue weighted by Crippen LogP contribution is -2.34. The molecule has 3 rings (SSSR count). The van der Waals surface area contributed by atoms with E-state index in [1.165, 1.54) is 0 Å². The Hall–Kier alpha value is -2.73. The van der Waals surface area contributed by atoms with Crippen LogP contribution < -0.4 is 10.9 Å². The summed E-state index contributed by atoms with van der Waals surface area (Å²) in [5.41, 5.74) is 1.36. The lowest BCUT2D eigenvalue weighted by molar-refractivity contribution is -0.117. The lowest BCUT2D eigenvalue weighted by atomic mass is 10.1. The number of hydrogen-bond donors (Lipinski definition) is 1. The standard InChI is InChI=1S/C21H25N3O3/c1-4-10-24(11-5-2)13-18(25)22-17-12-14(3)19-20(23-17)15-8-6-7-9-16(15)27-21(19)26/h6-9,12H,4-5,10-11,13H2,1-3H3,(H,22,23,25). The van der Waals surface area contributed by atoms with Gasteiger partial charge >= 0.3 is 5.63 Å². The van der Waals surface area contributed by atoms with Crippen molar-refractivity contribution in [3.8, 4) is 0 Å². The third-order valence-corrected chi connectivity index (χ3v) is 4.48. The molecule has 27 heavy (non-hydrogen) atoms. The molecule has 2 aromatic heterocycles. The van der Waals surface area contributed by atoms with Crippen LogP contribution in [0.1, 0.15) is 32.3 Å². The molecule has 3 aromatic rings. The van der Waals surface area contributed by atoms with Gasteiger partial charge in [-0.25, -0.2) is 9.78 Å². The number of nitrogens with zero attached hydrogens (tertiary/aromatic N) is 2. The lowest BCUT2D eigenvalue weighted by Gasteiger charge is -2.20. The molecule has 0 aliphatic heterocycles. The highest BCUT2D eigenvalue weighted by molar-refractivity contribution is 6.04. The van der Waals surface area contributed by atoms with E-state index in [-0.39, 0.29) is 5.91 Å². The minimum absolute atomic E-state index is 0.101. The van der Waals surface area contributed by atoms with E-state index in [0.717, 1.165) is 36.9 Å². The molecule has 0 fully saturated rings. The number of aryl methyl sites for hydroxylation is 1. The van der Waals surface area contributed by atoms with Crippen molar-refractivity contribution in [2.75, 3.05) is 25.0 Å². The predicted molar refractivity (Wildman–Crippen MR) is 108 cm³/mol. The fourth-order valence-corrected chi connectivity index (χ4v) is 3.38. The zero-order valence-corrected chi connectivity index (χ0v) is 16.0. The number of rotatable bonds is 7. The Labute approximate surface area is 158 Å². The van der Waals surface area contributed by atoms with Crippen molar-refractivity contribution in [2.45, 2.75) is 33.6 Å². The Morgan fingerprint density at radius 3 is 2.59 bits per heavy atom. The molecule has 2 heterocycles. The molecule has 1 amide bonds. The fourth-order valence-electron chi connectivity index (χ4n) is 3.38. The van der Waals surface area contributed by atoms with Crippen molar-refractivity contribution in [1.29, 1.82) is 0 Å². The molecule has 0 unspecified atom stereocenters. The highest BCUT2D eigenvalue weighted by atomic mass is 16.4. The van der Waals surface area contributed by atoms with Crippen molar-refractivity contribution in [2.24, 2.45) is 0 Å². The number of nitrogens with one attached hydrogen (secondary N) is 1. The first-order valence-corrected chi connectivity index (χ1v) is 9.38. The van der Waals surface area contributed by atoms with Gasteiger partial charge in [0.1, 0.15) is 11.4 Å². The quantitative estimate of drug-likeness (QED) is 0.509. The van der Waals surface area contributed by atoms with E-state index in [4.69, 9.17) is 4.42 Å². The third kappa shape index (κ3) is 4.17. The van der Waals surface area contributed by atoms with Gasteiger partial charge in [0.15, 0.2) is 0 Å². The molecular weight excluding hydrogens is 342 g/mol. The van der Waals surface area contributed by atoms with Gasteiger partial charge in [0.25, 0.3) is 0 Å².